The van der Waals surface area contributed by atoms with E-state index in [1.807, 2.05) is 68.4 Å². The van der Waals surface area contributed by atoms with E-state index < -0.39 is 6.04 Å². The molecule has 0 spiro atoms. The summed E-state index contributed by atoms with van der Waals surface area (Å²) in [5, 5.41) is 3.67. The lowest BCUT2D eigenvalue weighted by atomic mass is 10.0. The first-order chi connectivity index (χ1) is 17.3. The summed E-state index contributed by atoms with van der Waals surface area (Å²) in [5.41, 5.74) is 2.68. The fourth-order valence-corrected chi connectivity index (χ4v) is 4.91. The topological polar surface area (TPSA) is 49.4 Å². The van der Waals surface area contributed by atoms with Crippen molar-refractivity contribution in [2.75, 3.05) is 12.3 Å². The van der Waals surface area contributed by atoms with Crippen molar-refractivity contribution < 1.29 is 14.0 Å². The molecule has 0 aliphatic rings. The molecule has 3 aromatic rings. The third-order valence-corrected chi connectivity index (χ3v) is 7.00. The van der Waals surface area contributed by atoms with Gasteiger partial charge in [-0.25, -0.2) is 4.39 Å². The van der Waals surface area contributed by atoms with Crippen LogP contribution >= 0.6 is 23.4 Å². The van der Waals surface area contributed by atoms with E-state index in [9.17, 15) is 14.0 Å². The number of hydrogen-bond donors (Lipinski definition) is 1. The SMILES string of the molecule is CC(C)CNC(=O)C(Cc1ccccc1)N(Cc1ccc(F)cc1)C(=O)CSCc1ccccc1Cl. The molecule has 0 saturated heterocycles. The van der Waals surface area contributed by atoms with Gasteiger partial charge < -0.3 is 10.2 Å². The second kappa shape index (κ2) is 14.0. The lowest BCUT2D eigenvalue weighted by molar-refractivity contribution is -0.139. The molecule has 0 aliphatic heterocycles. The number of halogens is 2. The molecule has 0 saturated carbocycles. The Bertz CT molecular complexity index is 1130. The fourth-order valence-electron chi connectivity index (χ4n) is 3.71. The maximum absolute atomic E-state index is 13.6. The van der Waals surface area contributed by atoms with Gasteiger partial charge in [0.25, 0.3) is 0 Å². The zero-order valence-electron chi connectivity index (χ0n) is 20.6. The zero-order chi connectivity index (χ0) is 25.9. The van der Waals surface area contributed by atoms with Gasteiger partial charge in [-0.3, -0.25) is 9.59 Å². The Morgan fingerprint density at radius 1 is 0.944 bits per heavy atom. The molecule has 0 fully saturated rings. The lowest BCUT2D eigenvalue weighted by Crippen LogP contribution is -2.51. The monoisotopic (exact) mass is 526 g/mol. The molecule has 1 N–H and O–H groups in total. The molecule has 0 aliphatic carbocycles. The van der Waals surface area contributed by atoms with Crippen molar-refractivity contribution >= 4 is 35.2 Å². The molecule has 4 nitrogen and oxygen atoms in total. The molecule has 7 heteroatoms. The Kier molecular flexibility index (Phi) is 10.8. The van der Waals surface area contributed by atoms with Gasteiger partial charge in [-0.15, -0.1) is 11.8 Å². The number of carbonyl (C=O) groups excluding carboxylic acids is 2. The highest BCUT2D eigenvalue weighted by Crippen LogP contribution is 2.22. The highest BCUT2D eigenvalue weighted by atomic mass is 35.5. The zero-order valence-corrected chi connectivity index (χ0v) is 22.2. The van der Waals surface area contributed by atoms with Gasteiger partial charge in [0, 0.05) is 30.3 Å². The van der Waals surface area contributed by atoms with Crippen molar-refractivity contribution in [1.82, 2.24) is 10.2 Å². The highest BCUT2D eigenvalue weighted by molar-refractivity contribution is 7.99. The molecule has 2 amide bonds. The Balaban J connectivity index is 1.84. The summed E-state index contributed by atoms with van der Waals surface area (Å²) in [7, 11) is 0. The van der Waals surface area contributed by atoms with Gasteiger partial charge in [0.15, 0.2) is 0 Å². The van der Waals surface area contributed by atoms with Gasteiger partial charge in [-0.1, -0.05) is 86.1 Å². The minimum atomic E-state index is -0.704. The van der Waals surface area contributed by atoms with Gasteiger partial charge in [-0.2, -0.15) is 0 Å². The predicted octanol–water partition coefficient (Wildman–Crippen LogP) is 6.12. The molecular formula is C29H32ClFN2O2S. The quantitative estimate of drug-likeness (QED) is 0.309. The standard InChI is InChI=1S/C29H32ClFN2O2S/c1-21(2)17-32-29(35)27(16-22-8-4-3-5-9-22)33(18-23-12-14-25(31)15-13-23)28(34)20-36-19-24-10-6-7-11-26(24)30/h3-15,21,27H,16-20H2,1-2H3,(H,32,35). The summed E-state index contributed by atoms with van der Waals surface area (Å²) in [6.45, 7) is 4.78. The van der Waals surface area contributed by atoms with Crippen LogP contribution < -0.4 is 5.32 Å². The Hall–Kier alpha value is -2.83. The molecule has 0 bridgehead atoms. The van der Waals surface area contributed by atoms with Crippen LogP contribution in [0.3, 0.4) is 0 Å². The third kappa shape index (κ3) is 8.68. The number of nitrogens with zero attached hydrogens (tertiary/aromatic N) is 1. The number of benzene rings is 3. The fraction of sp³-hybridized carbons (Fsp3) is 0.310. The maximum Gasteiger partial charge on any atom is 0.243 e. The minimum absolute atomic E-state index is 0.156. The van der Waals surface area contributed by atoms with Crippen molar-refractivity contribution in [3.05, 3.63) is 106 Å². The normalized spacial score (nSPS) is 11.8. The van der Waals surface area contributed by atoms with Crippen LogP contribution in [0.2, 0.25) is 5.02 Å². The van der Waals surface area contributed by atoms with Crippen LogP contribution in [0.25, 0.3) is 0 Å². The van der Waals surface area contributed by atoms with E-state index in [4.69, 9.17) is 11.6 Å². The summed E-state index contributed by atoms with van der Waals surface area (Å²) in [4.78, 5) is 28.6. The second-order valence-corrected chi connectivity index (χ2v) is 10.5. The van der Waals surface area contributed by atoms with Crippen molar-refractivity contribution in [1.29, 1.82) is 0 Å². The van der Waals surface area contributed by atoms with Gasteiger partial charge in [0.05, 0.1) is 5.75 Å². The first-order valence-electron chi connectivity index (χ1n) is 12.0. The third-order valence-electron chi connectivity index (χ3n) is 5.66. The summed E-state index contributed by atoms with van der Waals surface area (Å²) in [5.74, 6) is 0.353. The lowest BCUT2D eigenvalue weighted by Gasteiger charge is -2.32. The Morgan fingerprint density at radius 2 is 1.61 bits per heavy atom. The molecule has 3 aromatic carbocycles. The molecule has 1 unspecified atom stereocenters. The van der Waals surface area contributed by atoms with E-state index in [1.54, 1.807) is 17.0 Å². The van der Waals surface area contributed by atoms with Crippen LogP contribution in [0.1, 0.15) is 30.5 Å². The van der Waals surface area contributed by atoms with Crippen LogP contribution in [0.4, 0.5) is 4.39 Å². The number of amides is 2. The van der Waals surface area contributed by atoms with Crippen molar-refractivity contribution in [2.45, 2.75) is 38.6 Å². The average Bonchev–Trinajstić information content (AvgIpc) is 2.87. The van der Waals surface area contributed by atoms with E-state index in [0.717, 1.165) is 16.7 Å². The molecule has 1 atom stereocenters. The van der Waals surface area contributed by atoms with Gasteiger partial charge in [0.1, 0.15) is 11.9 Å². The van der Waals surface area contributed by atoms with Crippen LogP contribution in [0, 0.1) is 11.7 Å². The van der Waals surface area contributed by atoms with Crippen LogP contribution in [-0.2, 0) is 28.3 Å². The van der Waals surface area contributed by atoms with Gasteiger partial charge in [0.2, 0.25) is 11.8 Å². The van der Waals surface area contributed by atoms with E-state index in [0.29, 0.717) is 23.7 Å². The van der Waals surface area contributed by atoms with E-state index in [-0.39, 0.29) is 35.8 Å². The molecule has 0 aromatic heterocycles. The maximum atomic E-state index is 13.6. The Morgan fingerprint density at radius 3 is 2.28 bits per heavy atom. The number of hydrogen-bond acceptors (Lipinski definition) is 3. The van der Waals surface area contributed by atoms with Gasteiger partial charge >= 0.3 is 0 Å². The van der Waals surface area contributed by atoms with Crippen LogP contribution in [0.15, 0.2) is 78.9 Å². The number of carbonyl (C=O) groups is 2. The molecule has 190 valence electrons. The highest BCUT2D eigenvalue weighted by Gasteiger charge is 2.30. The smallest absolute Gasteiger partial charge is 0.243 e. The summed E-state index contributed by atoms with van der Waals surface area (Å²) < 4.78 is 13.5. The van der Waals surface area contributed by atoms with Crippen molar-refractivity contribution in [2.24, 2.45) is 5.92 Å². The van der Waals surface area contributed by atoms with E-state index >= 15 is 0 Å². The average molecular weight is 527 g/mol. The number of thioether (sulfide) groups is 1. The molecule has 36 heavy (non-hydrogen) atoms. The number of rotatable bonds is 12. The first kappa shape index (κ1) is 27.8. The van der Waals surface area contributed by atoms with E-state index in [2.05, 4.69) is 5.32 Å². The summed E-state index contributed by atoms with van der Waals surface area (Å²) in [6, 6.07) is 22.6. The van der Waals surface area contributed by atoms with Crippen molar-refractivity contribution in [3.63, 3.8) is 0 Å². The van der Waals surface area contributed by atoms with Crippen molar-refractivity contribution in [3.8, 4) is 0 Å². The van der Waals surface area contributed by atoms with E-state index in [1.165, 1.54) is 23.9 Å². The second-order valence-electron chi connectivity index (χ2n) is 9.08. The predicted molar refractivity (Wildman–Crippen MR) is 146 cm³/mol. The number of nitrogens with one attached hydrogen (secondary N) is 1. The summed E-state index contributed by atoms with van der Waals surface area (Å²) >= 11 is 7.73. The first-order valence-corrected chi connectivity index (χ1v) is 13.5. The Labute approximate surface area is 222 Å². The molecule has 0 radical (unpaired) electrons. The molecular weight excluding hydrogens is 495 g/mol. The molecule has 0 heterocycles. The molecule has 3 rings (SSSR count). The van der Waals surface area contributed by atoms with Gasteiger partial charge in [-0.05, 0) is 40.8 Å². The minimum Gasteiger partial charge on any atom is -0.354 e. The van der Waals surface area contributed by atoms with Crippen LogP contribution in [-0.4, -0.2) is 35.1 Å². The summed E-state index contributed by atoms with van der Waals surface area (Å²) in [6.07, 6.45) is 0.382. The largest absolute Gasteiger partial charge is 0.354 e. The van der Waals surface area contributed by atoms with Crippen LogP contribution in [0.5, 0.6) is 0 Å².